The topological polar surface area (TPSA) is 72.2 Å². The van der Waals surface area contributed by atoms with Gasteiger partial charge in [-0.1, -0.05) is 24.3 Å². The van der Waals surface area contributed by atoms with E-state index in [1.165, 1.54) is 17.6 Å². The molecule has 4 aromatic rings. The Kier molecular flexibility index (Phi) is 6.23. The maximum Gasteiger partial charge on any atom is 0.175 e. The molecule has 0 unspecified atom stereocenters. The molecule has 0 fully saturated rings. The van der Waals surface area contributed by atoms with Gasteiger partial charge in [-0.3, -0.25) is 0 Å². The molecule has 1 N–H and O–H groups in total. The highest BCUT2D eigenvalue weighted by Crippen LogP contribution is 2.43. The third-order valence-corrected chi connectivity index (χ3v) is 8.55. The predicted molar refractivity (Wildman–Crippen MR) is 136 cm³/mol. The number of benzene rings is 2. The highest BCUT2D eigenvalue weighted by Gasteiger charge is 2.29. The van der Waals surface area contributed by atoms with Crippen LogP contribution in [0.2, 0.25) is 0 Å². The Morgan fingerprint density at radius 1 is 1.00 bits per heavy atom. The van der Waals surface area contributed by atoms with Crippen molar-refractivity contribution in [3.05, 3.63) is 75.3 Å². The van der Waals surface area contributed by atoms with Gasteiger partial charge >= 0.3 is 0 Å². The standard InChI is InChI=1S/C23H20Br2N2O3S2/c1-23(2,28)22-20(25)21(27(26-22)17-10-5-4-9-16(17)24)19-12-11-18(31-19)14-7-6-8-15(13-14)32(3,29)30/h4-13,28H,1-3H3. The van der Waals surface area contributed by atoms with Gasteiger partial charge in [-0.05, 0) is 87.7 Å². The van der Waals surface area contributed by atoms with Crippen LogP contribution in [0.5, 0.6) is 0 Å². The van der Waals surface area contributed by atoms with Crippen molar-refractivity contribution < 1.29 is 13.5 Å². The summed E-state index contributed by atoms with van der Waals surface area (Å²) in [6, 6.07) is 18.6. The first kappa shape index (κ1) is 23.4. The van der Waals surface area contributed by atoms with E-state index < -0.39 is 15.4 Å². The maximum atomic E-state index is 12.0. The average Bonchev–Trinajstić information content (AvgIpc) is 3.32. The molecule has 0 atom stereocenters. The lowest BCUT2D eigenvalue weighted by Crippen LogP contribution is -2.17. The van der Waals surface area contributed by atoms with Gasteiger partial charge in [-0.2, -0.15) is 5.10 Å². The number of rotatable bonds is 5. The summed E-state index contributed by atoms with van der Waals surface area (Å²) in [6.07, 6.45) is 1.21. The molecule has 2 aromatic carbocycles. The van der Waals surface area contributed by atoms with Crippen LogP contribution in [0.3, 0.4) is 0 Å². The second kappa shape index (κ2) is 8.53. The Morgan fingerprint density at radius 2 is 1.69 bits per heavy atom. The minimum atomic E-state index is -3.30. The van der Waals surface area contributed by atoms with Gasteiger partial charge < -0.3 is 5.11 Å². The van der Waals surface area contributed by atoms with Crippen molar-refractivity contribution in [1.82, 2.24) is 9.78 Å². The molecule has 4 rings (SSSR count). The molecule has 0 spiro atoms. The molecular formula is C23H20Br2N2O3S2. The summed E-state index contributed by atoms with van der Waals surface area (Å²) in [5.41, 5.74) is 1.86. The molecule has 0 aliphatic heterocycles. The molecule has 32 heavy (non-hydrogen) atoms. The van der Waals surface area contributed by atoms with Crippen molar-refractivity contribution in [2.75, 3.05) is 6.26 Å². The number of sulfone groups is 1. The summed E-state index contributed by atoms with van der Waals surface area (Å²) in [4.78, 5) is 2.14. The van der Waals surface area contributed by atoms with Crippen LogP contribution in [0.15, 0.2) is 74.5 Å². The summed E-state index contributed by atoms with van der Waals surface area (Å²) in [6.45, 7) is 3.40. The Hall–Kier alpha value is -1.78. The number of hydrogen-bond acceptors (Lipinski definition) is 5. The molecule has 2 aromatic heterocycles. The first-order chi connectivity index (χ1) is 15.0. The van der Waals surface area contributed by atoms with E-state index in [9.17, 15) is 13.5 Å². The van der Waals surface area contributed by atoms with E-state index in [1.54, 1.807) is 32.0 Å². The van der Waals surface area contributed by atoms with Crippen LogP contribution in [0, 0.1) is 0 Å². The predicted octanol–water partition coefficient (Wildman–Crippen LogP) is 6.42. The van der Waals surface area contributed by atoms with E-state index >= 15 is 0 Å². The Morgan fingerprint density at radius 3 is 2.34 bits per heavy atom. The molecule has 0 radical (unpaired) electrons. The van der Waals surface area contributed by atoms with Crippen molar-refractivity contribution in [2.24, 2.45) is 0 Å². The lowest BCUT2D eigenvalue weighted by atomic mass is 10.1. The number of para-hydroxylation sites is 1. The maximum absolute atomic E-state index is 12.0. The number of aliphatic hydroxyl groups is 1. The Bertz CT molecular complexity index is 1420. The number of nitrogens with zero attached hydrogens (tertiary/aromatic N) is 2. The van der Waals surface area contributed by atoms with E-state index in [0.717, 1.165) is 31.2 Å². The van der Waals surface area contributed by atoms with Gasteiger partial charge in [0.2, 0.25) is 0 Å². The van der Waals surface area contributed by atoms with Crippen LogP contribution in [0.25, 0.3) is 26.7 Å². The van der Waals surface area contributed by atoms with Gasteiger partial charge in [0.05, 0.1) is 25.6 Å². The van der Waals surface area contributed by atoms with E-state index in [4.69, 9.17) is 5.10 Å². The van der Waals surface area contributed by atoms with Gasteiger partial charge in [0.1, 0.15) is 11.3 Å². The SMILES string of the molecule is CC(C)(O)c1nn(-c2ccccc2Br)c(-c2ccc(-c3cccc(S(C)(=O)=O)c3)s2)c1Br. The van der Waals surface area contributed by atoms with Gasteiger partial charge in [0.15, 0.2) is 9.84 Å². The molecule has 166 valence electrons. The molecule has 5 nitrogen and oxygen atoms in total. The van der Waals surface area contributed by atoms with E-state index in [0.29, 0.717) is 10.2 Å². The highest BCUT2D eigenvalue weighted by molar-refractivity contribution is 9.11. The van der Waals surface area contributed by atoms with Crippen molar-refractivity contribution in [3.63, 3.8) is 0 Å². The third-order valence-electron chi connectivity index (χ3n) is 4.87. The summed E-state index contributed by atoms with van der Waals surface area (Å²) in [5.74, 6) is 0. The molecule has 0 aliphatic carbocycles. The monoisotopic (exact) mass is 594 g/mol. The summed E-state index contributed by atoms with van der Waals surface area (Å²) in [7, 11) is -3.30. The molecule has 0 aliphatic rings. The van der Waals surface area contributed by atoms with Crippen LogP contribution in [0.4, 0.5) is 0 Å². The smallest absolute Gasteiger partial charge is 0.175 e. The van der Waals surface area contributed by atoms with E-state index in [2.05, 4.69) is 31.9 Å². The van der Waals surface area contributed by atoms with Crippen LogP contribution in [-0.4, -0.2) is 29.6 Å². The fourth-order valence-corrected chi connectivity index (χ4v) is 6.54. The van der Waals surface area contributed by atoms with Crippen molar-refractivity contribution in [2.45, 2.75) is 24.3 Å². The molecule has 0 saturated carbocycles. The normalized spacial score (nSPS) is 12.3. The summed E-state index contributed by atoms with van der Waals surface area (Å²) < 4.78 is 27.3. The fraction of sp³-hybridized carbons (Fsp3) is 0.174. The minimum Gasteiger partial charge on any atom is -0.384 e. The fourth-order valence-electron chi connectivity index (χ4n) is 3.30. The van der Waals surface area contributed by atoms with Gasteiger partial charge in [0.25, 0.3) is 0 Å². The van der Waals surface area contributed by atoms with Crippen molar-refractivity contribution in [1.29, 1.82) is 0 Å². The van der Waals surface area contributed by atoms with Crippen LogP contribution >= 0.6 is 43.2 Å². The van der Waals surface area contributed by atoms with Gasteiger partial charge in [0, 0.05) is 15.6 Å². The molecule has 0 amide bonds. The first-order valence-electron chi connectivity index (χ1n) is 9.64. The zero-order valence-corrected chi connectivity index (χ0v) is 22.3. The largest absolute Gasteiger partial charge is 0.384 e. The Balaban J connectivity index is 1.90. The van der Waals surface area contributed by atoms with Crippen molar-refractivity contribution in [3.8, 4) is 26.7 Å². The van der Waals surface area contributed by atoms with Crippen LogP contribution < -0.4 is 0 Å². The highest BCUT2D eigenvalue weighted by atomic mass is 79.9. The molecule has 9 heteroatoms. The minimum absolute atomic E-state index is 0.286. The number of thiophene rings is 1. The molecule has 0 saturated heterocycles. The zero-order chi connectivity index (χ0) is 23.3. The summed E-state index contributed by atoms with van der Waals surface area (Å²) in [5, 5.41) is 15.4. The second-order valence-electron chi connectivity index (χ2n) is 7.90. The summed E-state index contributed by atoms with van der Waals surface area (Å²) >= 11 is 8.80. The van der Waals surface area contributed by atoms with Crippen molar-refractivity contribution >= 4 is 53.0 Å². The average molecular weight is 596 g/mol. The van der Waals surface area contributed by atoms with Crippen LogP contribution in [-0.2, 0) is 15.4 Å². The first-order valence-corrected chi connectivity index (χ1v) is 13.9. The number of halogens is 2. The lowest BCUT2D eigenvalue weighted by Gasteiger charge is -2.14. The second-order valence-corrected chi connectivity index (χ2v) is 12.6. The molecule has 2 heterocycles. The Labute approximate surface area is 207 Å². The molecule has 0 bridgehead atoms. The van der Waals surface area contributed by atoms with Gasteiger partial charge in [-0.15, -0.1) is 11.3 Å². The third kappa shape index (κ3) is 4.49. The quantitative estimate of drug-likeness (QED) is 0.289. The van der Waals surface area contributed by atoms with Gasteiger partial charge in [-0.25, -0.2) is 13.1 Å². The lowest BCUT2D eigenvalue weighted by molar-refractivity contribution is 0.0727. The van der Waals surface area contributed by atoms with E-state index in [-0.39, 0.29) is 4.90 Å². The number of hydrogen-bond donors (Lipinski definition) is 1. The molecular weight excluding hydrogens is 576 g/mol. The van der Waals surface area contributed by atoms with Crippen LogP contribution in [0.1, 0.15) is 19.5 Å². The zero-order valence-electron chi connectivity index (χ0n) is 17.5. The number of aromatic nitrogens is 2. The van der Waals surface area contributed by atoms with E-state index in [1.807, 2.05) is 47.1 Å².